The first kappa shape index (κ1) is 14.4. The van der Waals surface area contributed by atoms with Crippen molar-refractivity contribution >= 4 is 11.9 Å². The SMILES string of the molecule is O=C(NCCNC(=O)c1ccco1)NCC1CCCO1. The largest absolute Gasteiger partial charge is 0.459 e. The van der Waals surface area contributed by atoms with Gasteiger partial charge >= 0.3 is 6.03 Å². The van der Waals surface area contributed by atoms with E-state index < -0.39 is 0 Å². The fourth-order valence-electron chi connectivity index (χ4n) is 1.92. The minimum Gasteiger partial charge on any atom is -0.459 e. The van der Waals surface area contributed by atoms with Gasteiger partial charge in [0.2, 0.25) is 0 Å². The molecular formula is C13H19N3O4. The molecule has 1 saturated heterocycles. The first-order valence-corrected chi connectivity index (χ1v) is 6.70. The number of amides is 3. The van der Waals surface area contributed by atoms with Gasteiger partial charge < -0.3 is 25.1 Å². The van der Waals surface area contributed by atoms with Crippen LogP contribution in [-0.2, 0) is 4.74 Å². The van der Waals surface area contributed by atoms with Gasteiger partial charge in [0, 0.05) is 26.2 Å². The zero-order valence-electron chi connectivity index (χ0n) is 11.2. The third kappa shape index (κ3) is 4.58. The highest BCUT2D eigenvalue weighted by Crippen LogP contribution is 2.10. The fourth-order valence-corrected chi connectivity index (χ4v) is 1.92. The van der Waals surface area contributed by atoms with Crippen LogP contribution in [0.2, 0.25) is 0 Å². The summed E-state index contributed by atoms with van der Waals surface area (Å²) in [6, 6.07) is 2.97. The van der Waals surface area contributed by atoms with Crippen molar-refractivity contribution in [3.63, 3.8) is 0 Å². The molecule has 3 amide bonds. The van der Waals surface area contributed by atoms with Crippen molar-refractivity contribution in [2.45, 2.75) is 18.9 Å². The van der Waals surface area contributed by atoms with E-state index >= 15 is 0 Å². The summed E-state index contributed by atoms with van der Waals surface area (Å²) in [4.78, 5) is 23.0. The Hall–Kier alpha value is -2.02. The monoisotopic (exact) mass is 281 g/mol. The Morgan fingerprint density at radius 3 is 2.80 bits per heavy atom. The van der Waals surface area contributed by atoms with Crippen molar-refractivity contribution in [2.75, 3.05) is 26.2 Å². The summed E-state index contributed by atoms with van der Waals surface area (Å²) in [7, 11) is 0. The topological polar surface area (TPSA) is 92.6 Å². The van der Waals surface area contributed by atoms with Gasteiger partial charge in [-0.05, 0) is 25.0 Å². The third-order valence-electron chi connectivity index (χ3n) is 2.96. The molecule has 1 aliphatic rings. The minimum absolute atomic E-state index is 0.124. The van der Waals surface area contributed by atoms with E-state index in [1.807, 2.05) is 0 Å². The summed E-state index contributed by atoms with van der Waals surface area (Å²) in [6.45, 7) is 1.98. The molecule has 1 aromatic rings. The Morgan fingerprint density at radius 2 is 2.10 bits per heavy atom. The average Bonchev–Trinajstić information content (AvgIpc) is 3.13. The van der Waals surface area contributed by atoms with Gasteiger partial charge in [-0.1, -0.05) is 0 Å². The Bertz CT molecular complexity index is 427. The van der Waals surface area contributed by atoms with E-state index in [1.54, 1.807) is 12.1 Å². The van der Waals surface area contributed by atoms with Crippen molar-refractivity contribution in [3.05, 3.63) is 24.2 Å². The van der Waals surface area contributed by atoms with Gasteiger partial charge in [0.25, 0.3) is 5.91 Å². The lowest BCUT2D eigenvalue weighted by Crippen LogP contribution is -2.42. The molecule has 1 fully saturated rings. The summed E-state index contributed by atoms with van der Waals surface area (Å²) >= 11 is 0. The molecular weight excluding hydrogens is 262 g/mol. The minimum atomic E-state index is -0.295. The number of carbonyl (C=O) groups excluding carboxylic acids is 2. The average molecular weight is 281 g/mol. The number of ether oxygens (including phenoxy) is 1. The van der Waals surface area contributed by atoms with Crippen molar-refractivity contribution in [2.24, 2.45) is 0 Å². The van der Waals surface area contributed by atoms with Crippen LogP contribution in [0.3, 0.4) is 0 Å². The highest BCUT2D eigenvalue weighted by molar-refractivity contribution is 5.91. The molecule has 1 aromatic heterocycles. The second kappa shape index (κ2) is 7.54. The van der Waals surface area contributed by atoms with Crippen LogP contribution in [-0.4, -0.2) is 44.3 Å². The second-order valence-electron chi connectivity index (χ2n) is 4.51. The molecule has 0 radical (unpaired) electrons. The lowest BCUT2D eigenvalue weighted by atomic mass is 10.2. The molecule has 1 atom stereocenters. The molecule has 7 heteroatoms. The predicted octanol–water partition coefficient (Wildman–Crippen LogP) is 0.488. The van der Waals surface area contributed by atoms with E-state index in [-0.39, 0.29) is 23.8 Å². The summed E-state index contributed by atoms with van der Waals surface area (Å²) in [5, 5.41) is 8.03. The zero-order valence-corrected chi connectivity index (χ0v) is 11.2. The Balaban J connectivity index is 1.52. The summed E-state index contributed by atoms with van der Waals surface area (Å²) < 4.78 is 10.3. The normalized spacial score (nSPS) is 17.7. The van der Waals surface area contributed by atoms with Gasteiger partial charge in [0.1, 0.15) is 0 Å². The molecule has 0 aliphatic carbocycles. The highest BCUT2D eigenvalue weighted by atomic mass is 16.5. The van der Waals surface area contributed by atoms with Gasteiger partial charge in [0.15, 0.2) is 5.76 Å². The molecule has 2 rings (SSSR count). The maximum Gasteiger partial charge on any atom is 0.314 e. The van der Waals surface area contributed by atoms with Crippen LogP contribution >= 0.6 is 0 Å². The van der Waals surface area contributed by atoms with Gasteiger partial charge in [-0.3, -0.25) is 4.79 Å². The van der Waals surface area contributed by atoms with Crippen LogP contribution in [0.5, 0.6) is 0 Å². The molecule has 0 bridgehead atoms. The fraction of sp³-hybridized carbons (Fsp3) is 0.538. The maximum atomic E-state index is 11.5. The second-order valence-corrected chi connectivity index (χ2v) is 4.51. The summed E-state index contributed by atoms with van der Waals surface area (Å²) in [5.74, 6) is -0.0376. The Kier molecular flexibility index (Phi) is 5.43. The lowest BCUT2D eigenvalue weighted by Gasteiger charge is -2.11. The number of rotatable bonds is 6. The number of hydrogen-bond acceptors (Lipinski definition) is 4. The molecule has 1 unspecified atom stereocenters. The van der Waals surface area contributed by atoms with Crippen molar-refractivity contribution in [1.29, 1.82) is 0 Å². The van der Waals surface area contributed by atoms with Crippen LogP contribution in [0.4, 0.5) is 4.79 Å². The lowest BCUT2D eigenvalue weighted by molar-refractivity contribution is 0.0926. The quantitative estimate of drug-likeness (QED) is 0.662. The van der Waals surface area contributed by atoms with Crippen LogP contribution in [0.15, 0.2) is 22.8 Å². The molecule has 1 aliphatic heterocycles. The highest BCUT2D eigenvalue weighted by Gasteiger charge is 2.15. The number of nitrogens with one attached hydrogen (secondary N) is 3. The maximum absolute atomic E-state index is 11.5. The standard InChI is InChI=1S/C13H19N3O4/c17-12(11-4-2-8-20-11)14-5-6-15-13(18)16-9-10-3-1-7-19-10/h2,4,8,10H,1,3,5-7,9H2,(H,14,17)(H2,15,16,18). The summed E-state index contributed by atoms with van der Waals surface area (Å²) in [5.41, 5.74) is 0. The molecule has 0 spiro atoms. The van der Waals surface area contributed by atoms with Gasteiger partial charge in [0.05, 0.1) is 12.4 Å². The van der Waals surface area contributed by atoms with Crippen molar-refractivity contribution in [3.8, 4) is 0 Å². The zero-order chi connectivity index (χ0) is 14.2. The van der Waals surface area contributed by atoms with Gasteiger partial charge in [-0.15, -0.1) is 0 Å². The molecule has 7 nitrogen and oxygen atoms in total. The number of furan rings is 1. The van der Waals surface area contributed by atoms with Crippen molar-refractivity contribution < 1.29 is 18.7 Å². The first-order chi connectivity index (χ1) is 9.75. The predicted molar refractivity (Wildman–Crippen MR) is 71.4 cm³/mol. The van der Waals surface area contributed by atoms with Gasteiger partial charge in [-0.25, -0.2) is 4.79 Å². The Labute approximate surface area is 117 Å². The molecule has 20 heavy (non-hydrogen) atoms. The van der Waals surface area contributed by atoms with E-state index in [2.05, 4.69) is 16.0 Å². The Morgan fingerprint density at radius 1 is 1.25 bits per heavy atom. The van der Waals surface area contributed by atoms with E-state index in [0.717, 1.165) is 19.4 Å². The van der Waals surface area contributed by atoms with Crippen LogP contribution in [0.1, 0.15) is 23.4 Å². The van der Waals surface area contributed by atoms with E-state index in [4.69, 9.17) is 9.15 Å². The molecule has 3 N–H and O–H groups in total. The number of urea groups is 1. The molecule has 110 valence electrons. The number of hydrogen-bond donors (Lipinski definition) is 3. The van der Waals surface area contributed by atoms with E-state index in [0.29, 0.717) is 19.6 Å². The smallest absolute Gasteiger partial charge is 0.314 e. The molecule has 0 saturated carbocycles. The number of carbonyl (C=O) groups is 2. The van der Waals surface area contributed by atoms with Gasteiger partial charge in [-0.2, -0.15) is 0 Å². The van der Waals surface area contributed by atoms with Crippen LogP contribution in [0, 0.1) is 0 Å². The molecule has 0 aromatic carbocycles. The summed E-state index contributed by atoms with van der Waals surface area (Å²) in [6.07, 6.45) is 3.59. The first-order valence-electron chi connectivity index (χ1n) is 6.70. The third-order valence-corrected chi connectivity index (χ3v) is 2.96. The molecule has 2 heterocycles. The van der Waals surface area contributed by atoms with E-state index in [1.165, 1.54) is 6.26 Å². The van der Waals surface area contributed by atoms with E-state index in [9.17, 15) is 9.59 Å². The van der Waals surface area contributed by atoms with Crippen LogP contribution in [0.25, 0.3) is 0 Å². The van der Waals surface area contributed by atoms with Crippen LogP contribution < -0.4 is 16.0 Å². The van der Waals surface area contributed by atoms with Crippen molar-refractivity contribution in [1.82, 2.24) is 16.0 Å².